The number of rotatable bonds is 5. The van der Waals surface area contributed by atoms with E-state index < -0.39 is 5.41 Å². The van der Waals surface area contributed by atoms with Gasteiger partial charge in [-0.1, -0.05) is 176 Å². The summed E-state index contributed by atoms with van der Waals surface area (Å²) in [4.78, 5) is 15.8. The average Bonchev–Trinajstić information content (AvgIpc) is 4.08. The van der Waals surface area contributed by atoms with Crippen LogP contribution >= 0.6 is 11.3 Å². The lowest BCUT2D eigenvalue weighted by Gasteiger charge is -2.39. The van der Waals surface area contributed by atoms with Gasteiger partial charge in [0.15, 0.2) is 17.5 Å². The monoisotopic (exact) mass is 910 g/mol. The second kappa shape index (κ2) is 15.0. The second-order valence-electron chi connectivity index (χ2n) is 18.2. The average molecular weight is 911 g/mol. The van der Waals surface area contributed by atoms with Crippen LogP contribution in [0.5, 0.6) is 11.5 Å². The maximum absolute atomic E-state index is 6.75. The van der Waals surface area contributed by atoms with Crippen molar-refractivity contribution in [2.75, 3.05) is 0 Å². The highest BCUT2D eigenvalue weighted by Crippen LogP contribution is 2.63. The van der Waals surface area contributed by atoms with Gasteiger partial charge >= 0.3 is 0 Å². The fourth-order valence-corrected chi connectivity index (χ4v) is 12.7. The Bertz CT molecular complexity index is 4170. The number of aromatic nitrogens is 4. The zero-order valence-corrected chi connectivity index (χ0v) is 38.4. The van der Waals surface area contributed by atoms with E-state index in [1.807, 2.05) is 47.7 Å². The van der Waals surface area contributed by atoms with Gasteiger partial charge in [0.25, 0.3) is 0 Å². The number of nitrogens with zero attached hydrogens (tertiary/aromatic N) is 4. The summed E-state index contributed by atoms with van der Waals surface area (Å²) < 4.78 is 11.8. The summed E-state index contributed by atoms with van der Waals surface area (Å²) in [7, 11) is 0. The summed E-state index contributed by atoms with van der Waals surface area (Å²) >= 11 is 1.86. The first-order valence-corrected chi connectivity index (χ1v) is 24.5. The molecule has 0 atom stereocenters. The molecular formula is C64H38N4OS. The van der Waals surface area contributed by atoms with Gasteiger partial charge in [-0.05, 0) is 88.0 Å². The molecule has 1 aliphatic heterocycles. The summed E-state index contributed by atoms with van der Waals surface area (Å²) in [6, 6.07) is 82.5. The lowest BCUT2D eigenvalue weighted by atomic mass is 9.66. The molecule has 6 heteroatoms. The number of hydrogen-bond acceptors (Lipinski definition) is 5. The minimum atomic E-state index is -0.691. The van der Waals surface area contributed by atoms with Crippen LogP contribution in [-0.2, 0) is 5.41 Å². The van der Waals surface area contributed by atoms with E-state index in [-0.39, 0.29) is 0 Å². The van der Waals surface area contributed by atoms with Crippen molar-refractivity contribution in [2.45, 2.75) is 5.41 Å². The number of fused-ring (bicyclic) bond motifs is 16. The van der Waals surface area contributed by atoms with Gasteiger partial charge in [-0.3, -0.25) is 0 Å². The minimum Gasteiger partial charge on any atom is -0.457 e. The van der Waals surface area contributed by atoms with E-state index in [0.717, 1.165) is 72.8 Å². The van der Waals surface area contributed by atoms with Crippen molar-refractivity contribution >= 4 is 53.3 Å². The van der Waals surface area contributed by atoms with Crippen LogP contribution in [0.4, 0.5) is 0 Å². The Morgan fingerprint density at radius 1 is 0.386 bits per heavy atom. The van der Waals surface area contributed by atoms with E-state index in [1.54, 1.807) is 0 Å². The molecule has 0 saturated heterocycles. The third-order valence-corrected chi connectivity index (χ3v) is 15.7. The molecule has 70 heavy (non-hydrogen) atoms. The Morgan fingerprint density at radius 3 is 1.71 bits per heavy atom. The predicted molar refractivity (Wildman–Crippen MR) is 286 cm³/mol. The summed E-state index contributed by atoms with van der Waals surface area (Å²) in [5.74, 6) is 3.57. The zero-order valence-electron chi connectivity index (χ0n) is 37.5. The highest BCUT2D eigenvalue weighted by molar-refractivity contribution is 7.26. The Kier molecular flexibility index (Phi) is 8.38. The molecule has 10 aromatic carbocycles. The molecule has 1 aliphatic carbocycles. The molecular weight excluding hydrogens is 873 g/mol. The molecule has 0 N–H and O–H groups in total. The number of thiophene rings is 1. The fourth-order valence-electron chi connectivity index (χ4n) is 11.6. The Hall–Kier alpha value is -8.97. The summed E-state index contributed by atoms with van der Waals surface area (Å²) in [5, 5.41) is 5.04. The predicted octanol–water partition coefficient (Wildman–Crippen LogP) is 16.5. The van der Waals surface area contributed by atoms with Crippen molar-refractivity contribution in [2.24, 2.45) is 0 Å². The number of hydrogen-bond donors (Lipinski definition) is 0. The zero-order chi connectivity index (χ0) is 45.9. The molecule has 4 heterocycles. The molecule has 3 aromatic heterocycles. The molecule has 5 nitrogen and oxygen atoms in total. The lowest BCUT2D eigenvalue weighted by molar-refractivity contribution is 0.436. The molecule has 0 fully saturated rings. The van der Waals surface area contributed by atoms with Crippen LogP contribution in [0.3, 0.4) is 0 Å². The van der Waals surface area contributed by atoms with Crippen molar-refractivity contribution in [1.82, 2.24) is 19.5 Å². The first-order valence-electron chi connectivity index (χ1n) is 23.7. The van der Waals surface area contributed by atoms with Crippen molar-refractivity contribution in [3.63, 3.8) is 0 Å². The molecule has 0 unspecified atom stereocenters. The summed E-state index contributed by atoms with van der Waals surface area (Å²) in [6.07, 6.45) is 0. The van der Waals surface area contributed by atoms with E-state index in [4.69, 9.17) is 19.7 Å². The maximum Gasteiger partial charge on any atom is 0.164 e. The molecule has 15 rings (SSSR count). The third kappa shape index (κ3) is 5.56. The Morgan fingerprint density at radius 2 is 0.986 bits per heavy atom. The molecule has 0 bridgehead atoms. The van der Waals surface area contributed by atoms with Crippen LogP contribution in [-0.4, -0.2) is 19.5 Å². The van der Waals surface area contributed by atoms with Crippen LogP contribution in [0, 0.1) is 0 Å². The van der Waals surface area contributed by atoms with E-state index in [2.05, 4.69) is 199 Å². The quantitative estimate of drug-likeness (QED) is 0.173. The summed E-state index contributed by atoms with van der Waals surface area (Å²) in [5.41, 5.74) is 14.7. The van der Waals surface area contributed by atoms with Gasteiger partial charge in [-0.25, -0.2) is 15.0 Å². The van der Waals surface area contributed by atoms with Crippen LogP contribution < -0.4 is 4.74 Å². The molecule has 0 saturated carbocycles. The first-order chi connectivity index (χ1) is 34.7. The Labute approximate surface area is 407 Å². The first kappa shape index (κ1) is 39.1. The van der Waals surface area contributed by atoms with Crippen LogP contribution in [0.15, 0.2) is 231 Å². The van der Waals surface area contributed by atoms with Gasteiger partial charge in [0.1, 0.15) is 11.5 Å². The Balaban J connectivity index is 1.01. The van der Waals surface area contributed by atoms with Crippen molar-refractivity contribution < 1.29 is 4.74 Å². The summed E-state index contributed by atoms with van der Waals surface area (Å²) in [6.45, 7) is 0. The number of ether oxygens (including phenoxy) is 1. The standard InChI is InChI=1S/C64H38N4OS/c1-4-17-39(18-5-1)61-65-62(40-19-6-2-7-20-40)67-63(66-61)46-24-16-27-52-58(46)48-38-41(31-34-49(48)64(52)50-25-11-13-28-54(50)69-55-29-14-12-26-51(55)64)42-32-35-53-47(37-42)44-33-36-57-59(45-23-10-15-30-56(45)70-57)60(44)68(53)43-21-8-3-9-22-43/h1-38H. The van der Waals surface area contributed by atoms with E-state index >= 15 is 0 Å². The lowest BCUT2D eigenvalue weighted by Crippen LogP contribution is -2.32. The van der Waals surface area contributed by atoms with E-state index in [0.29, 0.717) is 17.5 Å². The second-order valence-corrected chi connectivity index (χ2v) is 19.3. The highest BCUT2D eigenvalue weighted by atomic mass is 32.1. The molecule has 0 radical (unpaired) electrons. The van der Waals surface area contributed by atoms with Crippen molar-refractivity contribution in [1.29, 1.82) is 0 Å². The molecule has 13 aromatic rings. The molecule has 0 amide bonds. The van der Waals surface area contributed by atoms with Crippen molar-refractivity contribution in [3.05, 3.63) is 253 Å². The normalized spacial score (nSPS) is 13.1. The van der Waals surface area contributed by atoms with Crippen molar-refractivity contribution in [3.8, 4) is 73.6 Å². The van der Waals surface area contributed by atoms with Gasteiger partial charge in [0, 0.05) is 64.4 Å². The number of benzene rings is 10. The smallest absolute Gasteiger partial charge is 0.164 e. The van der Waals surface area contributed by atoms with Gasteiger partial charge < -0.3 is 9.30 Å². The van der Waals surface area contributed by atoms with E-state index in [9.17, 15) is 0 Å². The number of para-hydroxylation sites is 3. The SMILES string of the molecule is c1ccc(-c2nc(-c3ccccc3)nc(-c3cccc4c3-c3cc(-c5ccc6c(c5)c5ccc7sc8ccccc8c7c5n6-c5ccccc5)ccc3C43c4ccccc4Oc4ccccc43)n2)cc1. The largest absolute Gasteiger partial charge is 0.457 e. The third-order valence-electron chi connectivity index (χ3n) is 14.5. The van der Waals surface area contributed by atoms with Crippen LogP contribution in [0.2, 0.25) is 0 Å². The van der Waals surface area contributed by atoms with Crippen LogP contribution in [0.25, 0.3) is 104 Å². The molecule has 1 spiro atoms. The van der Waals surface area contributed by atoms with E-state index in [1.165, 1.54) is 47.5 Å². The highest BCUT2D eigenvalue weighted by Gasteiger charge is 2.52. The van der Waals surface area contributed by atoms with Gasteiger partial charge in [-0.2, -0.15) is 0 Å². The fraction of sp³-hybridized carbons (Fsp3) is 0.0156. The molecule has 326 valence electrons. The van der Waals surface area contributed by atoms with Gasteiger partial charge in [0.05, 0.1) is 16.4 Å². The van der Waals surface area contributed by atoms with Gasteiger partial charge in [0.2, 0.25) is 0 Å². The van der Waals surface area contributed by atoms with Gasteiger partial charge in [-0.15, -0.1) is 11.3 Å². The van der Waals surface area contributed by atoms with Crippen LogP contribution in [0.1, 0.15) is 22.3 Å². The maximum atomic E-state index is 6.75. The topological polar surface area (TPSA) is 52.8 Å². The minimum absolute atomic E-state index is 0.619. The molecule has 2 aliphatic rings.